The molecule has 0 spiro atoms. The molecule has 0 radical (unpaired) electrons. The maximum Gasteiger partial charge on any atom is 0.205 e. The number of hydrazone groups is 1. The van der Waals surface area contributed by atoms with Crippen LogP contribution in [0.3, 0.4) is 0 Å². The average Bonchev–Trinajstić information content (AvgIpc) is 2.91. The number of halogens is 2. The van der Waals surface area contributed by atoms with Crippen LogP contribution in [0.5, 0.6) is 0 Å². The molecule has 0 saturated carbocycles. The van der Waals surface area contributed by atoms with Gasteiger partial charge in [0.25, 0.3) is 0 Å². The number of nitrogens with zero attached hydrogens (tertiary/aromatic N) is 2. The van der Waals surface area contributed by atoms with E-state index in [9.17, 15) is 0 Å². The zero-order valence-electron chi connectivity index (χ0n) is 12.3. The second-order valence-electron chi connectivity index (χ2n) is 4.93. The van der Waals surface area contributed by atoms with Gasteiger partial charge in [0, 0.05) is 10.6 Å². The summed E-state index contributed by atoms with van der Waals surface area (Å²) >= 11 is 13.5. The maximum absolute atomic E-state index is 6.26. The van der Waals surface area contributed by atoms with E-state index in [0.29, 0.717) is 14.5 Å². The van der Waals surface area contributed by atoms with Crippen LogP contribution in [0.15, 0.2) is 53.6 Å². The summed E-state index contributed by atoms with van der Waals surface area (Å²) in [5.74, 6) is 0. The number of aryl methyl sites for hydroxylation is 1. The molecule has 0 aliphatic rings. The normalized spacial score (nSPS) is 11.1. The first-order valence-corrected chi connectivity index (χ1v) is 8.47. The van der Waals surface area contributed by atoms with Gasteiger partial charge in [0.1, 0.15) is 10.0 Å². The summed E-state index contributed by atoms with van der Waals surface area (Å²) in [5, 5.41) is 5.52. The summed E-state index contributed by atoms with van der Waals surface area (Å²) < 4.78 is 0.611. The smallest absolute Gasteiger partial charge is 0.205 e. The van der Waals surface area contributed by atoms with Crippen molar-refractivity contribution < 1.29 is 0 Å². The van der Waals surface area contributed by atoms with Crippen LogP contribution < -0.4 is 5.43 Å². The minimum Gasteiger partial charge on any atom is -0.253 e. The van der Waals surface area contributed by atoms with E-state index in [2.05, 4.69) is 22.4 Å². The molecule has 1 N–H and O–H groups in total. The first-order chi connectivity index (χ1) is 11.1. The lowest BCUT2D eigenvalue weighted by Gasteiger charge is -1.97. The largest absolute Gasteiger partial charge is 0.253 e. The Bertz CT molecular complexity index is 824. The summed E-state index contributed by atoms with van der Waals surface area (Å²) in [6, 6.07) is 15.5. The van der Waals surface area contributed by atoms with Gasteiger partial charge in [-0.05, 0) is 24.6 Å². The van der Waals surface area contributed by atoms with E-state index < -0.39 is 0 Å². The van der Waals surface area contributed by atoms with Gasteiger partial charge in [0.2, 0.25) is 5.13 Å². The highest BCUT2D eigenvalue weighted by Crippen LogP contribution is 2.35. The molecule has 0 amide bonds. The van der Waals surface area contributed by atoms with E-state index in [4.69, 9.17) is 23.2 Å². The number of benzene rings is 2. The highest BCUT2D eigenvalue weighted by Gasteiger charge is 2.11. The third-order valence-corrected chi connectivity index (χ3v) is 4.57. The number of nitrogens with one attached hydrogen (secondary N) is 1. The van der Waals surface area contributed by atoms with Gasteiger partial charge in [0.05, 0.1) is 6.21 Å². The Morgan fingerprint density at radius 1 is 1.04 bits per heavy atom. The molecule has 3 nitrogen and oxygen atoms in total. The molecule has 116 valence electrons. The number of rotatable bonds is 4. The van der Waals surface area contributed by atoms with E-state index in [1.165, 1.54) is 16.9 Å². The van der Waals surface area contributed by atoms with Gasteiger partial charge in [0.15, 0.2) is 0 Å². The monoisotopic (exact) mass is 361 g/mol. The van der Waals surface area contributed by atoms with Crippen molar-refractivity contribution >= 4 is 45.9 Å². The topological polar surface area (TPSA) is 37.3 Å². The molecule has 1 aromatic heterocycles. The number of thiazole rings is 1. The van der Waals surface area contributed by atoms with Crippen molar-refractivity contribution in [3.05, 3.63) is 69.0 Å². The molecule has 0 unspecified atom stereocenters. The molecule has 3 aromatic rings. The minimum atomic E-state index is 0.611. The SMILES string of the molecule is Cc1ccc(/C=N\Nc2nc(-c3ccc(Cl)cc3)c(Cl)s2)cc1. The predicted molar refractivity (Wildman–Crippen MR) is 100.0 cm³/mol. The highest BCUT2D eigenvalue weighted by molar-refractivity contribution is 7.20. The lowest BCUT2D eigenvalue weighted by atomic mass is 10.2. The van der Waals surface area contributed by atoms with Crippen molar-refractivity contribution in [2.24, 2.45) is 5.10 Å². The molecule has 0 fully saturated rings. The van der Waals surface area contributed by atoms with E-state index in [0.717, 1.165) is 16.8 Å². The van der Waals surface area contributed by atoms with Crippen LogP contribution in [0.25, 0.3) is 11.3 Å². The fourth-order valence-corrected chi connectivity index (χ4v) is 3.11. The van der Waals surface area contributed by atoms with Crippen LogP contribution in [0.2, 0.25) is 9.36 Å². The molecule has 6 heteroatoms. The Labute approximate surface area is 148 Å². The lowest BCUT2D eigenvalue weighted by Crippen LogP contribution is -1.90. The van der Waals surface area contributed by atoms with E-state index >= 15 is 0 Å². The van der Waals surface area contributed by atoms with Gasteiger partial charge in [-0.25, -0.2) is 4.98 Å². The summed E-state index contributed by atoms with van der Waals surface area (Å²) in [5.41, 5.74) is 6.80. The van der Waals surface area contributed by atoms with Crippen molar-refractivity contribution in [2.45, 2.75) is 6.92 Å². The number of hydrogen-bond donors (Lipinski definition) is 1. The van der Waals surface area contributed by atoms with Crippen LogP contribution in [-0.2, 0) is 0 Å². The van der Waals surface area contributed by atoms with Crippen molar-refractivity contribution in [3.63, 3.8) is 0 Å². The van der Waals surface area contributed by atoms with Gasteiger partial charge in [-0.15, -0.1) is 0 Å². The second-order valence-corrected chi connectivity index (χ2v) is 6.97. The molecule has 2 aromatic carbocycles. The third-order valence-electron chi connectivity index (χ3n) is 3.15. The van der Waals surface area contributed by atoms with Crippen molar-refractivity contribution in [1.29, 1.82) is 0 Å². The quantitative estimate of drug-likeness (QED) is 0.465. The van der Waals surface area contributed by atoms with Crippen LogP contribution in [0.4, 0.5) is 5.13 Å². The zero-order chi connectivity index (χ0) is 16.2. The van der Waals surface area contributed by atoms with E-state index in [1.807, 2.05) is 48.5 Å². The number of anilines is 1. The first kappa shape index (κ1) is 16.0. The maximum atomic E-state index is 6.26. The standard InChI is InChI=1S/C17H13Cl2N3S/c1-11-2-4-12(5-3-11)10-20-22-17-21-15(16(19)23-17)13-6-8-14(18)9-7-13/h2-10H,1H3,(H,21,22)/b20-10-. The predicted octanol–water partition coefficient (Wildman–Crippen LogP) is 5.87. The van der Waals surface area contributed by atoms with E-state index in [-0.39, 0.29) is 0 Å². The van der Waals surface area contributed by atoms with Crippen molar-refractivity contribution in [3.8, 4) is 11.3 Å². The molecule has 0 atom stereocenters. The Kier molecular flexibility index (Phi) is 4.96. The van der Waals surface area contributed by atoms with Crippen LogP contribution in [0, 0.1) is 6.92 Å². The van der Waals surface area contributed by atoms with Gasteiger partial charge < -0.3 is 0 Å². The summed E-state index contributed by atoms with van der Waals surface area (Å²) in [4.78, 5) is 4.47. The molecule has 1 heterocycles. The van der Waals surface area contributed by atoms with Crippen LogP contribution >= 0.6 is 34.5 Å². The average molecular weight is 362 g/mol. The fourth-order valence-electron chi connectivity index (χ4n) is 1.95. The van der Waals surface area contributed by atoms with Crippen molar-refractivity contribution in [2.75, 3.05) is 5.43 Å². The van der Waals surface area contributed by atoms with Gasteiger partial charge >= 0.3 is 0 Å². The second kappa shape index (κ2) is 7.13. The molecular weight excluding hydrogens is 349 g/mol. The van der Waals surface area contributed by atoms with Gasteiger partial charge in [-0.3, -0.25) is 5.43 Å². The summed E-state index contributed by atoms with van der Waals surface area (Å²) in [6.45, 7) is 2.05. The molecule has 0 saturated heterocycles. The summed E-state index contributed by atoms with van der Waals surface area (Å²) in [7, 11) is 0. The number of hydrogen-bond acceptors (Lipinski definition) is 4. The molecule has 0 aliphatic carbocycles. The molecule has 0 bridgehead atoms. The lowest BCUT2D eigenvalue weighted by molar-refractivity contribution is 1.29. The molecule has 3 rings (SSSR count). The first-order valence-electron chi connectivity index (χ1n) is 6.90. The van der Waals surface area contributed by atoms with Crippen LogP contribution in [-0.4, -0.2) is 11.2 Å². The Hall–Kier alpha value is -1.88. The molecular formula is C17H13Cl2N3S. The minimum absolute atomic E-state index is 0.611. The van der Waals surface area contributed by atoms with Gasteiger partial charge in [-0.1, -0.05) is 76.5 Å². The Balaban J connectivity index is 1.73. The molecule has 23 heavy (non-hydrogen) atoms. The number of aromatic nitrogens is 1. The van der Waals surface area contributed by atoms with Gasteiger partial charge in [-0.2, -0.15) is 5.10 Å². The van der Waals surface area contributed by atoms with Crippen molar-refractivity contribution in [1.82, 2.24) is 4.98 Å². The Morgan fingerprint density at radius 3 is 2.43 bits per heavy atom. The third kappa shape index (κ3) is 4.10. The molecule has 0 aliphatic heterocycles. The van der Waals surface area contributed by atoms with Crippen LogP contribution in [0.1, 0.15) is 11.1 Å². The Morgan fingerprint density at radius 2 is 1.74 bits per heavy atom. The zero-order valence-corrected chi connectivity index (χ0v) is 14.6. The summed E-state index contributed by atoms with van der Waals surface area (Å²) in [6.07, 6.45) is 1.75. The fraction of sp³-hybridized carbons (Fsp3) is 0.0588. The van der Waals surface area contributed by atoms with E-state index in [1.54, 1.807) is 6.21 Å². The highest BCUT2D eigenvalue weighted by atomic mass is 35.5.